The van der Waals surface area contributed by atoms with Crippen molar-refractivity contribution < 1.29 is 0 Å². The van der Waals surface area contributed by atoms with E-state index < -0.39 is 0 Å². The van der Waals surface area contributed by atoms with Crippen molar-refractivity contribution >= 4 is 56.8 Å². The zero-order chi connectivity index (χ0) is 15.7. The molecule has 3 aromatic rings. The summed E-state index contributed by atoms with van der Waals surface area (Å²) in [6.45, 7) is 4.13. The maximum absolute atomic E-state index is 6.11. The second-order valence-corrected chi connectivity index (χ2v) is 6.77. The van der Waals surface area contributed by atoms with E-state index in [2.05, 4.69) is 34.3 Å². The molecule has 2 aromatic heterocycles. The van der Waals surface area contributed by atoms with Crippen LogP contribution in [0.25, 0.3) is 10.2 Å². The Morgan fingerprint density at radius 2 is 2.05 bits per heavy atom. The zero-order valence-corrected chi connectivity index (χ0v) is 14.2. The van der Waals surface area contributed by atoms with Crippen molar-refractivity contribution in [2.45, 2.75) is 13.8 Å². The summed E-state index contributed by atoms with van der Waals surface area (Å²) in [4.78, 5) is 10.7. The van der Waals surface area contributed by atoms with Crippen LogP contribution in [-0.4, -0.2) is 16.2 Å². The van der Waals surface area contributed by atoms with Gasteiger partial charge in [0.05, 0.1) is 16.6 Å². The van der Waals surface area contributed by atoms with Gasteiger partial charge in [0.1, 0.15) is 11.2 Å². The van der Waals surface area contributed by atoms with E-state index in [-0.39, 0.29) is 0 Å². The van der Waals surface area contributed by atoms with Gasteiger partial charge < -0.3 is 0 Å². The minimum atomic E-state index is 0.549. The summed E-state index contributed by atoms with van der Waals surface area (Å²) in [7, 11) is 0. The van der Waals surface area contributed by atoms with Gasteiger partial charge in [-0.25, -0.2) is 9.97 Å². The Morgan fingerprint density at radius 1 is 1.23 bits per heavy atom. The third-order valence-electron chi connectivity index (χ3n) is 3.30. The first kappa shape index (κ1) is 15.2. The van der Waals surface area contributed by atoms with E-state index >= 15 is 0 Å². The predicted molar refractivity (Wildman–Crippen MR) is 94.6 cm³/mol. The highest BCUT2D eigenvalue weighted by molar-refractivity contribution is 7.18. The summed E-state index contributed by atoms with van der Waals surface area (Å²) in [5.41, 5.74) is 4.91. The first-order valence-electron chi connectivity index (χ1n) is 6.51. The molecule has 0 saturated heterocycles. The first-order valence-corrected chi connectivity index (χ1v) is 8.08. The van der Waals surface area contributed by atoms with Crippen molar-refractivity contribution in [1.29, 1.82) is 0 Å². The largest absolute Gasteiger partial charge is 0.261 e. The minimum absolute atomic E-state index is 0.549. The van der Waals surface area contributed by atoms with Crippen LogP contribution in [0.15, 0.2) is 29.6 Å². The second-order valence-electron chi connectivity index (χ2n) is 4.72. The predicted octanol–water partition coefficient (Wildman–Crippen LogP) is 5.06. The fraction of sp³-hybridized carbons (Fsp3) is 0.133. The molecule has 7 heteroatoms. The van der Waals surface area contributed by atoms with Crippen molar-refractivity contribution in [1.82, 2.24) is 9.97 Å². The molecule has 0 atom stereocenters. The fourth-order valence-electron chi connectivity index (χ4n) is 2.04. The Kier molecular flexibility index (Phi) is 4.29. The number of aryl methyl sites for hydroxylation is 2. The van der Waals surface area contributed by atoms with Crippen molar-refractivity contribution in [3.8, 4) is 0 Å². The lowest BCUT2D eigenvalue weighted by molar-refractivity contribution is 1.19. The molecule has 3 rings (SSSR count). The van der Waals surface area contributed by atoms with Crippen molar-refractivity contribution in [2.24, 2.45) is 5.10 Å². The SMILES string of the molecule is Cc1sc2ncnc(NN=Cc3ccc(Cl)cc3Cl)c2c1C. The van der Waals surface area contributed by atoms with E-state index in [9.17, 15) is 0 Å². The normalized spacial score (nSPS) is 11.5. The third kappa shape index (κ3) is 2.92. The van der Waals surface area contributed by atoms with Gasteiger partial charge in [-0.05, 0) is 31.5 Å². The van der Waals surface area contributed by atoms with Gasteiger partial charge in [0.25, 0.3) is 0 Å². The molecule has 4 nitrogen and oxygen atoms in total. The lowest BCUT2D eigenvalue weighted by Gasteiger charge is -2.02. The minimum Gasteiger partial charge on any atom is -0.261 e. The highest BCUT2D eigenvalue weighted by atomic mass is 35.5. The molecule has 0 aliphatic heterocycles. The molecule has 0 bridgehead atoms. The smallest absolute Gasteiger partial charge is 0.158 e. The van der Waals surface area contributed by atoms with Crippen molar-refractivity contribution in [3.05, 3.63) is 50.6 Å². The van der Waals surface area contributed by atoms with Crippen LogP contribution >= 0.6 is 34.5 Å². The molecule has 0 aliphatic rings. The van der Waals surface area contributed by atoms with Gasteiger partial charge in [-0.3, -0.25) is 5.43 Å². The number of rotatable bonds is 3. The number of anilines is 1. The van der Waals surface area contributed by atoms with E-state index in [1.165, 1.54) is 16.8 Å². The topological polar surface area (TPSA) is 50.2 Å². The summed E-state index contributed by atoms with van der Waals surface area (Å²) in [6, 6.07) is 5.26. The van der Waals surface area contributed by atoms with Crippen LogP contribution in [0.2, 0.25) is 10.0 Å². The Bertz CT molecular complexity index is 873. The van der Waals surface area contributed by atoms with Crippen LogP contribution in [0.4, 0.5) is 5.82 Å². The van der Waals surface area contributed by atoms with Crippen molar-refractivity contribution in [3.63, 3.8) is 0 Å². The lowest BCUT2D eigenvalue weighted by atomic mass is 10.2. The van der Waals surface area contributed by atoms with Crippen LogP contribution in [0.3, 0.4) is 0 Å². The molecule has 0 aliphatic carbocycles. The van der Waals surface area contributed by atoms with Crippen LogP contribution in [0.5, 0.6) is 0 Å². The van der Waals surface area contributed by atoms with E-state index in [0.29, 0.717) is 15.9 Å². The number of nitrogens with zero attached hydrogens (tertiary/aromatic N) is 3. The third-order valence-corrected chi connectivity index (χ3v) is 4.98. The number of aromatic nitrogens is 2. The lowest BCUT2D eigenvalue weighted by Crippen LogP contribution is -1.95. The van der Waals surface area contributed by atoms with Gasteiger partial charge in [0.2, 0.25) is 0 Å². The zero-order valence-electron chi connectivity index (χ0n) is 11.9. The number of fused-ring (bicyclic) bond motifs is 1. The van der Waals surface area contributed by atoms with Gasteiger partial charge in [0, 0.05) is 15.5 Å². The molecule has 0 unspecified atom stereocenters. The summed E-state index contributed by atoms with van der Waals surface area (Å²) in [6.07, 6.45) is 3.17. The van der Waals surface area contributed by atoms with Gasteiger partial charge in [-0.2, -0.15) is 5.10 Å². The summed E-state index contributed by atoms with van der Waals surface area (Å²) < 4.78 is 0. The monoisotopic (exact) mass is 350 g/mol. The van der Waals surface area contributed by atoms with E-state index in [4.69, 9.17) is 23.2 Å². The van der Waals surface area contributed by atoms with E-state index in [1.54, 1.807) is 29.7 Å². The Labute approximate surface area is 141 Å². The molecule has 0 amide bonds. The number of hydrazone groups is 1. The number of benzene rings is 1. The highest BCUT2D eigenvalue weighted by Gasteiger charge is 2.11. The van der Waals surface area contributed by atoms with E-state index in [0.717, 1.165) is 15.8 Å². The van der Waals surface area contributed by atoms with Crippen LogP contribution < -0.4 is 5.43 Å². The van der Waals surface area contributed by atoms with Gasteiger partial charge in [0.15, 0.2) is 5.82 Å². The molecule has 2 heterocycles. The number of nitrogens with one attached hydrogen (secondary N) is 1. The van der Waals surface area contributed by atoms with Crippen LogP contribution in [-0.2, 0) is 0 Å². The average molecular weight is 351 g/mol. The second kappa shape index (κ2) is 6.20. The molecule has 0 saturated carbocycles. The molecular weight excluding hydrogens is 339 g/mol. The Morgan fingerprint density at radius 3 is 2.82 bits per heavy atom. The Balaban J connectivity index is 1.89. The summed E-state index contributed by atoms with van der Waals surface area (Å²) in [5.74, 6) is 0.688. The Hall–Kier alpha value is -1.69. The van der Waals surface area contributed by atoms with E-state index in [1.807, 2.05) is 6.07 Å². The van der Waals surface area contributed by atoms with Crippen molar-refractivity contribution in [2.75, 3.05) is 5.43 Å². The quantitative estimate of drug-likeness (QED) is 0.530. The molecule has 1 N–H and O–H groups in total. The van der Waals surface area contributed by atoms with Gasteiger partial charge in [-0.1, -0.05) is 29.3 Å². The first-order chi connectivity index (χ1) is 10.6. The molecule has 1 aromatic carbocycles. The summed E-state index contributed by atoms with van der Waals surface area (Å²) >= 11 is 13.6. The van der Waals surface area contributed by atoms with Gasteiger partial charge >= 0.3 is 0 Å². The molecule has 0 spiro atoms. The maximum atomic E-state index is 6.11. The fourth-order valence-corrected chi connectivity index (χ4v) is 3.49. The number of thiophene rings is 1. The van der Waals surface area contributed by atoms with Crippen LogP contribution in [0.1, 0.15) is 16.0 Å². The number of hydrogen-bond donors (Lipinski definition) is 1. The summed E-state index contributed by atoms with van der Waals surface area (Å²) in [5, 5.41) is 6.36. The highest BCUT2D eigenvalue weighted by Crippen LogP contribution is 2.32. The molecule has 22 heavy (non-hydrogen) atoms. The molecule has 0 radical (unpaired) electrons. The number of hydrogen-bond acceptors (Lipinski definition) is 5. The molecule has 112 valence electrons. The average Bonchev–Trinajstić information content (AvgIpc) is 2.77. The maximum Gasteiger partial charge on any atom is 0.158 e. The molecular formula is C15H12Cl2N4S. The molecule has 0 fully saturated rings. The van der Waals surface area contributed by atoms with Crippen LogP contribution in [0, 0.1) is 13.8 Å². The van der Waals surface area contributed by atoms with Gasteiger partial charge in [-0.15, -0.1) is 11.3 Å². The standard InChI is InChI=1S/C15H12Cl2N4S/c1-8-9(2)22-15-13(8)14(18-7-19-15)21-20-6-10-3-4-11(16)5-12(10)17/h3-7H,1-2H3,(H,18,19,21). The number of halogens is 2.